The second kappa shape index (κ2) is 8.05. The number of halogens is 1. The second-order valence-corrected chi connectivity index (χ2v) is 4.81. The molecule has 2 aromatic carbocycles. The van der Waals surface area contributed by atoms with Crippen molar-refractivity contribution in [1.29, 1.82) is 0 Å². The largest absolute Gasteiger partial charge is 0.493 e. The summed E-state index contributed by atoms with van der Waals surface area (Å²) in [6.45, 7) is 0. The first-order valence-electron chi connectivity index (χ1n) is 7.04. The van der Waals surface area contributed by atoms with E-state index in [1.165, 1.54) is 6.33 Å². The smallest absolute Gasteiger partial charge is 0.162 e. The van der Waals surface area contributed by atoms with Gasteiger partial charge in [0.25, 0.3) is 0 Å². The summed E-state index contributed by atoms with van der Waals surface area (Å²) >= 11 is 0. The van der Waals surface area contributed by atoms with E-state index in [1.807, 2.05) is 6.07 Å². The number of ether oxygens (including phenoxy) is 2. The summed E-state index contributed by atoms with van der Waals surface area (Å²) in [5.41, 5.74) is 10.5. The summed E-state index contributed by atoms with van der Waals surface area (Å²) in [4.78, 5) is 11.3. The Labute approximate surface area is 149 Å². The second-order valence-electron chi connectivity index (χ2n) is 4.81. The molecule has 0 unspecified atom stereocenters. The highest BCUT2D eigenvalue weighted by Crippen LogP contribution is 2.34. The topological polar surface area (TPSA) is 105 Å². The summed E-state index contributed by atoms with van der Waals surface area (Å²) < 4.78 is 10.6. The number of hydrogen-bond acceptors (Lipinski definition) is 6. The van der Waals surface area contributed by atoms with Crippen LogP contribution in [0, 0.1) is 0 Å². The fraction of sp³-hybridized carbons (Fsp3) is 0.125. The third-order valence-electron chi connectivity index (χ3n) is 3.43. The van der Waals surface area contributed by atoms with Crippen LogP contribution in [0.15, 0.2) is 47.8 Å². The van der Waals surface area contributed by atoms with Crippen molar-refractivity contribution in [2.45, 2.75) is 0 Å². The number of fused-ring (bicyclic) bond motifs is 1. The molecule has 0 aliphatic heterocycles. The van der Waals surface area contributed by atoms with Crippen LogP contribution < -0.4 is 14.8 Å². The third kappa shape index (κ3) is 3.82. The average molecular weight is 359 g/mol. The number of methoxy groups -OCH3 is 2. The highest BCUT2D eigenvalue weighted by molar-refractivity contribution is 5.93. The summed E-state index contributed by atoms with van der Waals surface area (Å²) in [6.07, 6.45) is 1.48. The van der Waals surface area contributed by atoms with Gasteiger partial charge < -0.3 is 14.8 Å². The van der Waals surface area contributed by atoms with E-state index in [0.717, 1.165) is 16.6 Å². The molecule has 1 aromatic heterocycles. The van der Waals surface area contributed by atoms with E-state index in [9.17, 15) is 0 Å². The normalized spacial score (nSPS) is 9.68. The van der Waals surface area contributed by atoms with Gasteiger partial charge in [-0.05, 0) is 23.7 Å². The Kier molecular flexibility index (Phi) is 5.84. The van der Waals surface area contributed by atoms with Gasteiger partial charge >= 0.3 is 0 Å². The molecule has 1 N–H and O–H groups in total. The van der Waals surface area contributed by atoms with Crippen LogP contribution in [0.25, 0.3) is 21.3 Å². The van der Waals surface area contributed by atoms with Crippen molar-refractivity contribution < 1.29 is 9.47 Å². The molecule has 0 saturated heterocycles. The predicted molar refractivity (Wildman–Crippen MR) is 98.4 cm³/mol. The van der Waals surface area contributed by atoms with E-state index in [2.05, 4.69) is 25.3 Å². The number of hydrogen-bond donors (Lipinski definition) is 1. The number of benzene rings is 2. The van der Waals surface area contributed by atoms with Crippen LogP contribution in [-0.2, 0) is 0 Å². The summed E-state index contributed by atoms with van der Waals surface area (Å²) in [5.74, 6) is 1.84. The SMILES string of the molecule is COc1cc2ncnc(Nc3ccc(N=[N+]=[N-])cc3)c2cc1OC.Cl. The van der Waals surface area contributed by atoms with Crippen LogP contribution in [0.1, 0.15) is 0 Å². The number of aromatic nitrogens is 2. The first-order valence-corrected chi connectivity index (χ1v) is 7.04. The number of anilines is 2. The van der Waals surface area contributed by atoms with Gasteiger partial charge in [-0.1, -0.05) is 17.2 Å². The molecule has 9 heteroatoms. The van der Waals surface area contributed by atoms with Crippen molar-refractivity contribution in [1.82, 2.24) is 9.97 Å². The Morgan fingerprint density at radius 3 is 2.36 bits per heavy atom. The quantitative estimate of drug-likeness (QED) is 0.402. The lowest BCUT2D eigenvalue weighted by molar-refractivity contribution is 0.356. The zero-order valence-corrected chi connectivity index (χ0v) is 14.3. The molecule has 0 aliphatic carbocycles. The lowest BCUT2D eigenvalue weighted by Crippen LogP contribution is -1.97. The highest BCUT2D eigenvalue weighted by Gasteiger charge is 2.11. The lowest BCUT2D eigenvalue weighted by Gasteiger charge is -2.12. The third-order valence-corrected chi connectivity index (χ3v) is 3.43. The molecule has 3 rings (SSSR count). The van der Waals surface area contributed by atoms with Gasteiger partial charge in [0.05, 0.1) is 19.7 Å². The molecule has 0 radical (unpaired) electrons. The van der Waals surface area contributed by atoms with E-state index in [-0.39, 0.29) is 12.4 Å². The minimum absolute atomic E-state index is 0. The maximum Gasteiger partial charge on any atom is 0.162 e. The van der Waals surface area contributed by atoms with E-state index in [0.29, 0.717) is 23.0 Å². The Morgan fingerprint density at radius 2 is 1.72 bits per heavy atom. The minimum Gasteiger partial charge on any atom is -0.493 e. The molecule has 0 aliphatic rings. The molecule has 128 valence electrons. The van der Waals surface area contributed by atoms with Crippen LogP contribution in [0.5, 0.6) is 11.5 Å². The summed E-state index contributed by atoms with van der Waals surface area (Å²) in [5, 5.41) is 7.57. The molecule has 0 saturated carbocycles. The molecule has 0 spiro atoms. The number of nitrogens with zero attached hydrogens (tertiary/aromatic N) is 5. The summed E-state index contributed by atoms with van der Waals surface area (Å²) in [6, 6.07) is 10.7. The number of nitrogens with one attached hydrogen (secondary N) is 1. The van der Waals surface area contributed by atoms with Gasteiger partial charge in [0.1, 0.15) is 12.1 Å². The molecular formula is C16H15ClN6O2. The first kappa shape index (κ1) is 18.1. The fourth-order valence-corrected chi connectivity index (χ4v) is 2.28. The van der Waals surface area contributed by atoms with Crippen molar-refractivity contribution in [2.24, 2.45) is 5.11 Å². The Morgan fingerprint density at radius 1 is 1.04 bits per heavy atom. The molecule has 0 amide bonds. The van der Waals surface area contributed by atoms with Crippen LogP contribution >= 0.6 is 12.4 Å². The lowest BCUT2D eigenvalue weighted by atomic mass is 10.2. The monoisotopic (exact) mass is 358 g/mol. The van der Waals surface area contributed by atoms with Crippen molar-refractivity contribution >= 4 is 40.5 Å². The van der Waals surface area contributed by atoms with Gasteiger partial charge in [-0.2, -0.15) is 0 Å². The van der Waals surface area contributed by atoms with Gasteiger partial charge in [-0.15, -0.1) is 12.4 Å². The van der Waals surface area contributed by atoms with Crippen molar-refractivity contribution in [3.05, 3.63) is 53.2 Å². The molecule has 0 bridgehead atoms. The van der Waals surface area contributed by atoms with E-state index in [1.54, 1.807) is 44.6 Å². The molecule has 0 fully saturated rings. The van der Waals surface area contributed by atoms with Crippen LogP contribution in [0.3, 0.4) is 0 Å². The summed E-state index contributed by atoms with van der Waals surface area (Å²) in [7, 11) is 3.16. The zero-order chi connectivity index (χ0) is 16.9. The molecule has 1 heterocycles. The predicted octanol–water partition coefficient (Wildman–Crippen LogP) is 4.75. The van der Waals surface area contributed by atoms with Crippen molar-refractivity contribution in [3.8, 4) is 11.5 Å². The Bertz CT molecular complexity index is 926. The average Bonchev–Trinajstić information content (AvgIpc) is 2.62. The van der Waals surface area contributed by atoms with Gasteiger partial charge in [0.15, 0.2) is 11.5 Å². The van der Waals surface area contributed by atoms with Crippen LogP contribution in [0.2, 0.25) is 0 Å². The molecule has 3 aromatic rings. The zero-order valence-electron chi connectivity index (χ0n) is 13.5. The van der Waals surface area contributed by atoms with Gasteiger partial charge in [0, 0.05) is 27.7 Å². The van der Waals surface area contributed by atoms with E-state index in [4.69, 9.17) is 15.0 Å². The van der Waals surface area contributed by atoms with E-state index >= 15 is 0 Å². The molecule has 0 atom stereocenters. The van der Waals surface area contributed by atoms with Gasteiger partial charge in [-0.25, -0.2) is 9.97 Å². The number of azide groups is 1. The minimum atomic E-state index is 0. The standard InChI is InChI=1S/C16H14N6O2.ClH/c1-23-14-7-12-13(8-15(14)24-2)18-9-19-16(12)20-10-3-5-11(6-4-10)21-22-17;/h3-9H,1-2H3,(H,18,19,20);1H. The molecular weight excluding hydrogens is 344 g/mol. The number of rotatable bonds is 5. The van der Waals surface area contributed by atoms with Gasteiger partial charge in [0.2, 0.25) is 0 Å². The van der Waals surface area contributed by atoms with Crippen LogP contribution in [-0.4, -0.2) is 24.2 Å². The van der Waals surface area contributed by atoms with Crippen LogP contribution in [0.4, 0.5) is 17.2 Å². The molecule has 25 heavy (non-hydrogen) atoms. The fourth-order valence-electron chi connectivity index (χ4n) is 2.28. The van der Waals surface area contributed by atoms with Crippen molar-refractivity contribution in [2.75, 3.05) is 19.5 Å². The highest BCUT2D eigenvalue weighted by atomic mass is 35.5. The first-order chi connectivity index (χ1) is 11.7. The Hall–Kier alpha value is -3.22. The Balaban J connectivity index is 0.00000225. The van der Waals surface area contributed by atoms with Gasteiger partial charge in [-0.3, -0.25) is 0 Å². The maximum absolute atomic E-state index is 8.44. The van der Waals surface area contributed by atoms with E-state index < -0.39 is 0 Å². The van der Waals surface area contributed by atoms with Crippen molar-refractivity contribution in [3.63, 3.8) is 0 Å². The maximum atomic E-state index is 8.44. The molecule has 8 nitrogen and oxygen atoms in total.